The standard InChI is InChI=1S/C16H22N2O/c1-12(2)9-16(19)18(13(3)4)11-15-7-5-14(10-17)6-8-15/h5-8,12-13H,9,11H2,1-4H3. The highest BCUT2D eigenvalue weighted by molar-refractivity contribution is 5.76. The minimum Gasteiger partial charge on any atom is -0.336 e. The lowest BCUT2D eigenvalue weighted by molar-refractivity contribution is -0.134. The molecule has 0 atom stereocenters. The summed E-state index contributed by atoms with van der Waals surface area (Å²) < 4.78 is 0. The second kappa shape index (κ2) is 6.94. The van der Waals surface area contributed by atoms with Gasteiger partial charge in [-0.15, -0.1) is 0 Å². The first-order chi connectivity index (χ1) is 8.93. The van der Waals surface area contributed by atoms with Gasteiger partial charge in [-0.3, -0.25) is 4.79 Å². The van der Waals surface area contributed by atoms with Gasteiger partial charge in [-0.2, -0.15) is 5.26 Å². The van der Waals surface area contributed by atoms with Crippen molar-refractivity contribution in [3.8, 4) is 6.07 Å². The highest BCUT2D eigenvalue weighted by Gasteiger charge is 2.18. The van der Waals surface area contributed by atoms with Crippen LogP contribution in [0.2, 0.25) is 0 Å². The molecule has 1 rings (SSSR count). The molecular weight excluding hydrogens is 236 g/mol. The second-order valence-corrected chi connectivity index (χ2v) is 5.52. The van der Waals surface area contributed by atoms with Gasteiger partial charge in [0.1, 0.15) is 0 Å². The summed E-state index contributed by atoms with van der Waals surface area (Å²) in [6.45, 7) is 8.77. The Hall–Kier alpha value is -1.82. The Morgan fingerprint density at radius 3 is 2.21 bits per heavy atom. The number of carbonyl (C=O) groups is 1. The molecule has 19 heavy (non-hydrogen) atoms. The molecule has 1 amide bonds. The molecule has 3 nitrogen and oxygen atoms in total. The quantitative estimate of drug-likeness (QED) is 0.813. The van der Waals surface area contributed by atoms with Crippen LogP contribution in [0.5, 0.6) is 0 Å². The van der Waals surface area contributed by atoms with Crippen LogP contribution in [0.25, 0.3) is 0 Å². The van der Waals surface area contributed by atoms with E-state index in [1.54, 1.807) is 12.1 Å². The lowest BCUT2D eigenvalue weighted by atomic mass is 10.1. The number of hydrogen-bond acceptors (Lipinski definition) is 2. The van der Waals surface area contributed by atoms with Crippen molar-refractivity contribution in [2.24, 2.45) is 5.92 Å². The van der Waals surface area contributed by atoms with Crippen molar-refractivity contribution < 1.29 is 4.79 Å². The highest BCUT2D eigenvalue weighted by atomic mass is 16.2. The first-order valence-electron chi connectivity index (χ1n) is 6.72. The van der Waals surface area contributed by atoms with Crippen molar-refractivity contribution >= 4 is 5.91 Å². The molecule has 0 aliphatic carbocycles. The molecular formula is C16H22N2O. The van der Waals surface area contributed by atoms with E-state index in [0.29, 0.717) is 24.4 Å². The number of hydrogen-bond donors (Lipinski definition) is 0. The summed E-state index contributed by atoms with van der Waals surface area (Å²) in [4.78, 5) is 14.1. The maximum atomic E-state index is 12.2. The van der Waals surface area contributed by atoms with E-state index in [-0.39, 0.29) is 11.9 Å². The van der Waals surface area contributed by atoms with Gasteiger partial charge >= 0.3 is 0 Å². The molecule has 1 aromatic carbocycles. The van der Waals surface area contributed by atoms with E-state index >= 15 is 0 Å². The minimum atomic E-state index is 0.182. The Morgan fingerprint density at radius 1 is 1.21 bits per heavy atom. The third kappa shape index (κ3) is 4.75. The topological polar surface area (TPSA) is 44.1 Å². The predicted octanol–water partition coefficient (Wildman–Crippen LogP) is 3.34. The van der Waals surface area contributed by atoms with Crippen LogP contribution < -0.4 is 0 Å². The molecule has 0 N–H and O–H groups in total. The molecule has 0 spiro atoms. The smallest absolute Gasteiger partial charge is 0.223 e. The van der Waals surface area contributed by atoms with Crippen molar-refractivity contribution in [3.05, 3.63) is 35.4 Å². The largest absolute Gasteiger partial charge is 0.336 e. The van der Waals surface area contributed by atoms with Crippen LogP contribution in [0.3, 0.4) is 0 Å². The number of amides is 1. The van der Waals surface area contributed by atoms with E-state index in [9.17, 15) is 4.79 Å². The Bertz CT molecular complexity index is 455. The average molecular weight is 258 g/mol. The summed E-state index contributed by atoms with van der Waals surface area (Å²) in [5.74, 6) is 0.559. The monoisotopic (exact) mass is 258 g/mol. The van der Waals surface area contributed by atoms with Crippen molar-refractivity contribution in [1.82, 2.24) is 4.90 Å². The molecule has 0 fully saturated rings. The first kappa shape index (κ1) is 15.2. The Labute approximate surface area is 115 Å². The van der Waals surface area contributed by atoms with E-state index in [1.807, 2.05) is 30.9 Å². The van der Waals surface area contributed by atoms with Crippen molar-refractivity contribution in [2.75, 3.05) is 0 Å². The van der Waals surface area contributed by atoms with Gasteiger partial charge in [0.05, 0.1) is 11.6 Å². The van der Waals surface area contributed by atoms with Gasteiger partial charge in [-0.25, -0.2) is 0 Å². The molecule has 0 aliphatic rings. The van der Waals surface area contributed by atoms with E-state index in [1.165, 1.54) is 0 Å². The lowest BCUT2D eigenvalue weighted by Crippen LogP contribution is -2.36. The van der Waals surface area contributed by atoms with Crippen molar-refractivity contribution in [1.29, 1.82) is 5.26 Å². The Morgan fingerprint density at radius 2 is 1.79 bits per heavy atom. The summed E-state index contributed by atoms with van der Waals surface area (Å²) in [6.07, 6.45) is 0.578. The molecule has 1 aromatic rings. The average Bonchev–Trinajstić information content (AvgIpc) is 2.35. The predicted molar refractivity (Wildman–Crippen MR) is 76.3 cm³/mol. The molecule has 0 bridgehead atoms. The van der Waals surface area contributed by atoms with Gasteiger partial charge in [0.15, 0.2) is 0 Å². The Balaban J connectivity index is 2.78. The van der Waals surface area contributed by atoms with Gasteiger partial charge in [0.25, 0.3) is 0 Å². The van der Waals surface area contributed by atoms with Crippen LogP contribution in [-0.4, -0.2) is 16.8 Å². The van der Waals surface area contributed by atoms with Gasteiger partial charge in [-0.05, 0) is 37.5 Å². The number of nitrogens with zero attached hydrogens (tertiary/aromatic N) is 2. The summed E-state index contributed by atoms with van der Waals surface area (Å²) >= 11 is 0. The molecule has 102 valence electrons. The molecule has 0 radical (unpaired) electrons. The molecule has 0 saturated carbocycles. The lowest BCUT2D eigenvalue weighted by Gasteiger charge is -2.27. The van der Waals surface area contributed by atoms with Gasteiger partial charge in [0.2, 0.25) is 5.91 Å². The third-order valence-corrected chi connectivity index (χ3v) is 2.96. The summed E-state index contributed by atoms with van der Waals surface area (Å²) in [5, 5.41) is 8.77. The van der Waals surface area contributed by atoms with Crippen LogP contribution in [-0.2, 0) is 11.3 Å². The molecule has 0 unspecified atom stereocenters. The fourth-order valence-electron chi connectivity index (χ4n) is 1.91. The SMILES string of the molecule is CC(C)CC(=O)N(Cc1ccc(C#N)cc1)C(C)C. The molecule has 0 aromatic heterocycles. The van der Waals surface area contributed by atoms with Gasteiger partial charge in [0, 0.05) is 19.0 Å². The number of benzene rings is 1. The van der Waals surface area contributed by atoms with Crippen LogP contribution in [0.15, 0.2) is 24.3 Å². The van der Waals surface area contributed by atoms with Crippen LogP contribution in [0, 0.1) is 17.2 Å². The van der Waals surface area contributed by atoms with Crippen molar-refractivity contribution in [2.45, 2.75) is 46.7 Å². The molecule has 0 heterocycles. The van der Waals surface area contributed by atoms with Crippen molar-refractivity contribution in [3.63, 3.8) is 0 Å². The summed E-state index contributed by atoms with van der Waals surface area (Å²) in [6, 6.07) is 9.69. The first-order valence-corrected chi connectivity index (χ1v) is 6.72. The normalized spacial score (nSPS) is 10.6. The molecule has 0 saturated heterocycles. The van der Waals surface area contributed by atoms with Gasteiger partial charge < -0.3 is 4.90 Å². The van der Waals surface area contributed by atoms with E-state index < -0.39 is 0 Å². The fraction of sp³-hybridized carbons (Fsp3) is 0.500. The number of nitriles is 1. The maximum Gasteiger partial charge on any atom is 0.223 e. The van der Waals surface area contributed by atoms with Crippen LogP contribution in [0.4, 0.5) is 0 Å². The zero-order valence-electron chi connectivity index (χ0n) is 12.2. The molecule has 3 heteroatoms. The molecule has 0 aliphatic heterocycles. The third-order valence-electron chi connectivity index (χ3n) is 2.96. The maximum absolute atomic E-state index is 12.2. The zero-order valence-corrected chi connectivity index (χ0v) is 12.2. The van der Waals surface area contributed by atoms with Gasteiger partial charge in [-0.1, -0.05) is 26.0 Å². The van der Waals surface area contributed by atoms with Crippen LogP contribution >= 0.6 is 0 Å². The Kier molecular flexibility index (Phi) is 5.57. The highest BCUT2D eigenvalue weighted by Crippen LogP contribution is 2.13. The fourth-order valence-corrected chi connectivity index (χ4v) is 1.91. The number of rotatable bonds is 5. The minimum absolute atomic E-state index is 0.182. The second-order valence-electron chi connectivity index (χ2n) is 5.52. The summed E-state index contributed by atoms with van der Waals surface area (Å²) in [7, 11) is 0. The van der Waals surface area contributed by atoms with E-state index in [4.69, 9.17) is 5.26 Å². The summed E-state index contributed by atoms with van der Waals surface area (Å²) in [5.41, 5.74) is 1.71. The van der Waals surface area contributed by atoms with E-state index in [2.05, 4.69) is 19.9 Å². The van der Waals surface area contributed by atoms with E-state index in [0.717, 1.165) is 5.56 Å². The zero-order chi connectivity index (χ0) is 14.4. The van der Waals surface area contributed by atoms with Crippen LogP contribution in [0.1, 0.15) is 45.2 Å². The number of carbonyl (C=O) groups excluding carboxylic acids is 1.